The molecule has 0 unspecified atom stereocenters. The van der Waals surface area contributed by atoms with Crippen LogP contribution in [0, 0.1) is 18.3 Å². The van der Waals surface area contributed by atoms with Crippen LogP contribution in [0.4, 0.5) is 17.1 Å². The molecule has 0 bridgehead atoms. The van der Waals surface area contributed by atoms with E-state index in [9.17, 15) is 10.1 Å². The van der Waals surface area contributed by atoms with E-state index in [0.717, 1.165) is 5.69 Å². The van der Waals surface area contributed by atoms with Crippen LogP contribution in [0.2, 0.25) is 5.02 Å². The second kappa shape index (κ2) is 13.6. The number of anilines is 3. The number of rotatable bonds is 11. The predicted molar refractivity (Wildman–Crippen MR) is 162 cm³/mol. The molecule has 0 atom stereocenters. The van der Waals surface area contributed by atoms with Crippen molar-refractivity contribution < 1.29 is 14.3 Å². The molecular weight excluding hydrogens is 540 g/mol. The van der Waals surface area contributed by atoms with Crippen LogP contribution in [0.15, 0.2) is 66.9 Å². The highest BCUT2D eigenvalue weighted by Crippen LogP contribution is 2.38. The number of nitrogens with one attached hydrogen (secondary N) is 2. The van der Waals surface area contributed by atoms with Gasteiger partial charge in [-0.05, 0) is 64.3 Å². The number of ether oxygens (including phenoxy) is 2. The number of carbonyl (C=O) groups excluding carboxylic acids is 1. The highest BCUT2D eigenvalue weighted by Gasteiger charge is 2.18. The zero-order valence-corrected chi connectivity index (χ0v) is 24.1. The molecule has 2 aromatic heterocycles. The van der Waals surface area contributed by atoms with Crippen molar-refractivity contribution in [3.63, 3.8) is 0 Å². The summed E-state index contributed by atoms with van der Waals surface area (Å²) in [6.07, 6.45) is 4.96. The number of hydrogen-bond acceptors (Lipinski definition) is 8. The van der Waals surface area contributed by atoms with E-state index in [-0.39, 0.29) is 12.5 Å². The normalized spacial score (nSPS) is 11.0. The number of aromatic nitrogens is 2. The average molecular weight is 571 g/mol. The number of pyridine rings is 2. The summed E-state index contributed by atoms with van der Waals surface area (Å²) in [5, 5.41) is 17.3. The predicted octanol–water partition coefficient (Wildman–Crippen LogP) is 6.24. The van der Waals surface area contributed by atoms with Crippen LogP contribution in [-0.4, -0.2) is 48.0 Å². The quantitative estimate of drug-likeness (QED) is 0.204. The molecule has 0 aliphatic heterocycles. The van der Waals surface area contributed by atoms with Gasteiger partial charge in [-0.3, -0.25) is 14.8 Å². The number of halogens is 1. The second-order valence-corrected chi connectivity index (χ2v) is 9.80. The van der Waals surface area contributed by atoms with Crippen molar-refractivity contribution in [3.8, 4) is 17.6 Å². The topological polar surface area (TPSA) is 112 Å². The van der Waals surface area contributed by atoms with Gasteiger partial charge >= 0.3 is 0 Å². The number of fused-ring (bicyclic) bond motifs is 1. The Kier molecular flexibility index (Phi) is 9.74. The van der Waals surface area contributed by atoms with Crippen molar-refractivity contribution in [1.82, 2.24) is 14.9 Å². The van der Waals surface area contributed by atoms with Gasteiger partial charge in [0, 0.05) is 36.0 Å². The highest BCUT2D eigenvalue weighted by atomic mass is 35.5. The van der Waals surface area contributed by atoms with Gasteiger partial charge in [0.2, 0.25) is 5.91 Å². The molecule has 2 aromatic carbocycles. The lowest BCUT2D eigenvalue weighted by Crippen LogP contribution is -2.13. The standard InChI is InChI=1S/C31H31ClN6O3/c1-5-40-29-17-26-23(16-27(29)37-30(39)10-8-14-38(3)4)31(24(18-33)20(2)35-26)36-21-11-12-28(25(32)15-21)41-19-22-9-6-7-13-34-22/h6-13,15-17H,5,14,19H2,1-4H3,(H,35,36)(H,37,39)/b10-8+. The SMILES string of the molecule is CCOc1cc2nc(C)c(C#N)c(Nc3ccc(OCc4ccccn4)c(Cl)c3)c2cc1NC(=O)/C=C/CN(C)C. The van der Waals surface area contributed by atoms with Gasteiger partial charge in [-0.15, -0.1) is 0 Å². The Morgan fingerprint density at radius 1 is 1.15 bits per heavy atom. The Hall–Kier alpha value is -4.65. The molecule has 2 heterocycles. The summed E-state index contributed by atoms with van der Waals surface area (Å²) in [4.78, 5) is 23.5. The highest BCUT2D eigenvalue weighted by molar-refractivity contribution is 6.32. The molecule has 0 aliphatic carbocycles. The van der Waals surface area contributed by atoms with Gasteiger partial charge in [0.15, 0.2) is 0 Å². The van der Waals surface area contributed by atoms with Crippen LogP contribution in [0.3, 0.4) is 0 Å². The van der Waals surface area contributed by atoms with Crippen LogP contribution in [0.25, 0.3) is 10.9 Å². The van der Waals surface area contributed by atoms with Crippen molar-refractivity contribution in [2.24, 2.45) is 0 Å². The molecule has 0 aliphatic rings. The fourth-order valence-electron chi connectivity index (χ4n) is 4.07. The molecule has 0 spiro atoms. The number of likely N-dealkylation sites (N-methyl/N-ethyl adjacent to an activating group) is 1. The third-order valence-corrected chi connectivity index (χ3v) is 6.27. The van der Waals surface area contributed by atoms with Gasteiger partial charge in [0.25, 0.3) is 0 Å². The van der Waals surface area contributed by atoms with Gasteiger partial charge in [-0.25, -0.2) is 0 Å². The van der Waals surface area contributed by atoms with Crippen LogP contribution < -0.4 is 20.1 Å². The average Bonchev–Trinajstić information content (AvgIpc) is 2.94. The third-order valence-electron chi connectivity index (χ3n) is 5.98. The summed E-state index contributed by atoms with van der Waals surface area (Å²) >= 11 is 6.55. The van der Waals surface area contributed by atoms with Crippen molar-refractivity contribution in [2.75, 3.05) is 37.9 Å². The Labute approximate surface area is 244 Å². The molecule has 0 fully saturated rings. The molecule has 0 radical (unpaired) electrons. The van der Waals surface area contributed by atoms with Crippen LogP contribution in [-0.2, 0) is 11.4 Å². The smallest absolute Gasteiger partial charge is 0.248 e. The maximum Gasteiger partial charge on any atom is 0.248 e. The van der Waals surface area contributed by atoms with Gasteiger partial charge < -0.3 is 25.0 Å². The van der Waals surface area contributed by atoms with Crippen LogP contribution in [0.1, 0.15) is 23.9 Å². The minimum Gasteiger partial charge on any atom is -0.492 e. The zero-order chi connectivity index (χ0) is 29.4. The van der Waals surface area contributed by atoms with Gasteiger partial charge in [-0.1, -0.05) is 23.7 Å². The Balaban J connectivity index is 1.68. The summed E-state index contributed by atoms with van der Waals surface area (Å²) < 4.78 is 11.7. The molecule has 4 aromatic rings. The largest absolute Gasteiger partial charge is 0.492 e. The number of hydrogen-bond donors (Lipinski definition) is 2. The minimum absolute atomic E-state index is 0.279. The Morgan fingerprint density at radius 3 is 2.66 bits per heavy atom. The summed E-state index contributed by atoms with van der Waals surface area (Å²) in [7, 11) is 3.84. The molecule has 4 rings (SSSR count). The number of aryl methyl sites for hydroxylation is 1. The first kappa shape index (κ1) is 29.3. The lowest BCUT2D eigenvalue weighted by molar-refractivity contribution is -0.111. The maximum atomic E-state index is 12.7. The van der Waals surface area contributed by atoms with E-state index in [0.29, 0.717) is 68.9 Å². The fourth-order valence-corrected chi connectivity index (χ4v) is 4.31. The van der Waals surface area contributed by atoms with E-state index in [1.807, 2.05) is 50.2 Å². The first-order valence-electron chi connectivity index (χ1n) is 13.0. The number of nitrogens with zero attached hydrogens (tertiary/aromatic N) is 4. The van der Waals surface area contributed by atoms with Gasteiger partial charge in [0.05, 0.1) is 45.5 Å². The summed E-state index contributed by atoms with van der Waals surface area (Å²) in [6.45, 7) is 4.95. The van der Waals surface area contributed by atoms with E-state index in [1.54, 1.807) is 43.5 Å². The molecule has 9 nitrogen and oxygen atoms in total. The van der Waals surface area contributed by atoms with Gasteiger partial charge in [-0.2, -0.15) is 5.26 Å². The van der Waals surface area contributed by atoms with E-state index < -0.39 is 0 Å². The van der Waals surface area contributed by atoms with Gasteiger partial charge in [0.1, 0.15) is 24.2 Å². The molecule has 210 valence electrons. The Bertz CT molecular complexity index is 1620. The maximum absolute atomic E-state index is 12.7. The molecule has 10 heteroatoms. The fraction of sp³-hybridized carbons (Fsp3) is 0.226. The molecule has 0 saturated heterocycles. The van der Waals surface area contributed by atoms with E-state index in [4.69, 9.17) is 21.1 Å². The third kappa shape index (κ3) is 7.51. The number of nitriles is 1. The Morgan fingerprint density at radius 2 is 1.98 bits per heavy atom. The molecule has 0 saturated carbocycles. The van der Waals surface area contributed by atoms with E-state index in [2.05, 4.69) is 26.7 Å². The first-order valence-corrected chi connectivity index (χ1v) is 13.4. The van der Waals surface area contributed by atoms with Crippen molar-refractivity contribution in [2.45, 2.75) is 20.5 Å². The lowest BCUT2D eigenvalue weighted by atomic mass is 10.0. The first-order chi connectivity index (χ1) is 19.8. The van der Waals surface area contributed by atoms with Crippen molar-refractivity contribution in [3.05, 3.63) is 88.9 Å². The number of benzene rings is 2. The molecule has 2 N–H and O–H groups in total. The van der Waals surface area contributed by atoms with Crippen LogP contribution in [0.5, 0.6) is 11.5 Å². The molecule has 41 heavy (non-hydrogen) atoms. The second-order valence-electron chi connectivity index (χ2n) is 9.39. The van der Waals surface area contributed by atoms with Crippen molar-refractivity contribution >= 4 is 45.5 Å². The monoisotopic (exact) mass is 570 g/mol. The molecular formula is C31H31ClN6O3. The number of carbonyl (C=O) groups is 1. The summed E-state index contributed by atoms with van der Waals surface area (Å²) in [6, 6.07) is 16.7. The summed E-state index contributed by atoms with van der Waals surface area (Å²) in [5.74, 6) is 0.692. The van der Waals surface area contributed by atoms with Crippen LogP contribution >= 0.6 is 11.6 Å². The molecule has 1 amide bonds. The lowest BCUT2D eigenvalue weighted by Gasteiger charge is -2.17. The number of amides is 1. The minimum atomic E-state index is -0.296. The van der Waals surface area contributed by atoms with E-state index >= 15 is 0 Å². The summed E-state index contributed by atoms with van der Waals surface area (Å²) in [5.41, 5.74) is 3.96. The van der Waals surface area contributed by atoms with Crippen molar-refractivity contribution in [1.29, 1.82) is 5.26 Å². The zero-order valence-electron chi connectivity index (χ0n) is 23.4. The van der Waals surface area contributed by atoms with E-state index in [1.165, 1.54) is 6.08 Å².